The number of hydrogen-bond acceptors (Lipinski definition) is 10. The Kier molecular flexibility index (Phi) is 6.96. The predicted octanol–water partition coefficient (Wildman–Crippen LogP) is 4.05. The molecule has 0 radical (unpaired) electrons. The van der Waals surface area contributed by atoms with E-state index in [0.717, 1.165) is 42.3 Å². The molecule has 2 saturated heterocycles. The molecule has 0 saturated carbocycles. The van der Waals surface area contributed by atoms with Gasteiger partial charge in [0.15, 0.2) is 11.5 Å². The van der Waals surface area contributed by atoms with E-state index in [1.807, 2.05) is 31.2 Å². The number of carbonyl (C=O) groups is 1. The molecule has 7 rings (SSSR count). The van der Waals surface area contributed by atoms with E-state index in [1.54, 1.807) is 35.1 Å². The quantitative estimate of drug-likeness (QED) is 0.238. The molecule has 42 heavy (non-hydrogen) atoms. The van der Waals surface area contributed by atoms with E-state index in [4.69, 9.17) is 31.1 Å². The Bertz CT molecular complexity index is 1790. The number of piperazine rings is 1. The van der Waals surface area contributed by atoms with Crippen molar-refractivity contribution in [2.24, 2.45) is 0 Å². The van der Waals surface area contributed by atoms with Crippen molar-refractivity contribution in [1.29, 1.82) is 0 Å². The highest BCUT2D eigenvalue weighted by atomic mass is 32.2. The summed E-state index contributed by atoms with van der Waals surface area (Å²) in [7, 11) is 0. The maximum atomic E-state index is 13.9. The first-order chi connectivity index (χ1) is 20.4. The summed E-state index contributed by atoms with van der Waals surface area (Å²) in [4.78, 5) is 38.6. The van der Waals surface area contributed by atoms with Crippen LogP contribution in [-0.4, -0.2) is 62.4 Å². The van der Waals surface area contributed by atoms with Crippen LogP contribution in [0, 0.1) is 6.92 Å². The minimum atomic E-state index is -0.255. The number of pyridine rings is 1. The highest BCUT2D eigenvalue weighted by Crippen LogP contribution is 2.35. The Hall–Kier alpha value is -4.13. The molecule has 12 heteroatoms. The van der Waals surface area contributed by atoms with E-state index in [1.165, 1.54) is 16.7 Å². The number of amides is 1. The highest BCUT2D eigenvalue weighted by Gasteiger charge is 2.34. The normalized spacial score (nSPS) is 18.2. The molecule has 3 aliphatic rings. The second-order valence-electron chi connectivity index (χ2n) is 10.4. The molecule has 1 aromatic carbocycles. The Morgan fingerprint density at radius 2 is 1.86 bits per heavy atom. The number of rotatable bonds is 6. The number of hydrogen-bond donors (Lipinski definition) is 0. The second-order valence-corrected chi connectivity index (χ2v) is 12.1. The zero-order valence-corrected chi connectivity index (χ0v) is 24.5. The SMILES string of the molecule is Cc1ccc2nc(N3CCN(Cc4ccc5c(c4)OCO5)CC3)c(C=C3SC(=S)N(Cc4ccco4)C3=O)c(=O)n2c1. The summed E-state index contributed by atoms with van der Waals surface area (Å²) >= 11 is 6.70. The first kappa shape index (κ1) is 26.7. The van der Waals surface area contributed by atoms with Crippen LogP contribution in [0.1, 0.15) is 22.5 Å². The summed E-state index contributed by atoms with van der Waals surface area (Å²) in [6, 6.07) is 13.4. The monoisotopic (exact) mass is 601 g/mol. The van der Waals surface area contributed by atoms with Crippen molar-refractivity contribution in [1.82, 2.24) is 19.2 Å². The van der Waals surface area contributed by atoms with E-state index in [-0.39, 0.29) is 24.8 Å². The lowest BCUT2D eigenvalue weighted by molar-refractivity contribution is -0.122. The average molecular weight is 602 g/mol. The van der Waals surface area contributed by atoms with Crippen molar-refractivity contribution in [3.05, 3.63) is 92.6 Å². The summed E-state index contributed by atoms with van der Waals surface area (Å²) in [6.45, 7) is 6.13. The highest BCUT2D eigenvalue weighted by molar-refractivity contribution is 8.26. The van der Waals surface area contributed by atoms with Gasteiger partial charge in [0, 0.05) is 38.9 Å². The zero-order chi connectivity index (χ0) is 28.8. The molecule has 6 heterocycles. The second kappa shape index (κ2) is 10.9. The molecule has 0 atom stereocenters. The molecule has 214 valence electrons. The van der Waals surface area contributed by atoms with Crippen LogP contribution in [0.4, 0.5) is 5.82 Å². The van der Waals surface area contributed by atoms with Crippen molar-refractivity contribution < 1.29 is 18.7 Å². The van der Waals surface area contributed by atoms with Crippen LogP contribution < -0.4 is 19.9 Å². The van der Waals surface area contributed by atoms with Gasteiger partial charge in [0.2, 0.25) is 6.79 Å². The predicted molar refractivity (Wildman–Crippen MR) is 164 cm³/mol. The lowest BCUT2D eigenvalue weighted by Crippen LogP contribution is -2.47. The van der Waals surface area contributed by atoms with Gasteiger partial charge in [-0.25, -0.2) is 4.98 Å². The Morgan fingerprint density at radius 3 is 2.67 bits per heavy atom. The Labute approximate surface area is 251 Å². The van der Waals surface area contributed by atoms with E-state index in [2.05, 4.69) is 15.9 Å². The number of fused-ring (bicyclic) bond motifs is 2. The average Bonchev–Trinajstić information content (AvgIpc) is 3.74. The molecule has 0 unspecified atom stereocenters. The van der Waals surface area contributed by atoms with Crippen molar-refractivity contribution in [2.45, 2.75) is 20.0 Å². The van der Waals surface area contributed by atoms with Crippen molar-refractivity contribution in [2.75, 3.05) is 37.9 Å². The van der Waals surface area contributed by atoms with Gasteiger partial charge in [-0.05, 0) is 54.5 Å². The van der Waals surface area contributed by atoms with Gasteiger partial charge in [-0.3, -0.25) is 23.8 Å². The van der Waals surface area contributed by atoms with Crippen LogP contribution in [0.2, 0.25) is 0 Å². The number of aromatic nitrogens is 2. The van der Waals surface area contributed by atoms with E-state index < -0.39 is 0 Å². The van der Waals surface area contributed by atoms with Crippen molar-refractivity contribution in [3.8, 4) is 11.5 Å². The summed E-state index contributed by atoms with van der Waals surface area (Å²) < 4.78 is 18.4. The minimum absolute atomic E-state index is 0.224. The van der Waals surface area contributed by atoms with Gasteiger partial charge in [0.1, 0.15) is 21.5 Å². The van der Waals surface area contributed by atoms with Crippen LogP contribution in [0.5, 0.6) is 11.5 Å². The molecule has 3 aromatic heterocycles. The third kappa shape index (κ3) is 5.06. The summed E-state index contributed by atoms with van der Waals surface area (Å²) in [6.07, 6.45) is 4.99. The molecule has 0 N–H and O–H groups in total. The van der Waals surface area contributed by atoms with Gasteiger partial charge in [-0.2, -0.15) is 0 Å². The smallest absolute Gasteiger partial charge is 0.267 e. The largest absolute Gasteiger partial charge is 0.467 e. The van der Waals surface area contributed by atoms with E-state index >= 15 is 0 Å². The number of anilines is 1. The first-order valence-electron chi connectivity index (χ1n) is 13.6. The number of carbonyl (C=O) groups excluding carboxylic acids is 1. The van der Waals surface area contributed by atoms with Gasteiger partial charge in [-0.15, -0.1) is 0 Å². The number of aryl methyl sites for hydroxylation is 1. The number of thioether (sulfide) groups is 1. The number of benzene rings is 1. The molecular formula is C30H27N5O5S2. The molecular weight excluding hydrogens is 574 g/mol. The molecule has 0 spiro atoms. The van der Waals surface area contributed by atoms with Crippen LogP contribution in [-0.2, 0) is 17.9 Å². The molecule has 10 nitrogen and oxygen atoms in total. The van der Waals surface area contributed by atoms with Crippen molar-refractivity contribution >= 4 is 51.7 Å². The van der Waals surface area contributed by atoms with Crippen LogP contribution in [0.3, 0.4) is 0 Å². The molecule has 3 aliphatic heterocycles. The Morgan fingerprint density at radius 1 is 1.02 bits per heavy atom. The van der Waals surface area contributed by atoms with E-state index in [9.17, 15) is 9.59 Å². The number of furan rings is 1. The molecule has 0 aliphatic carbocycles. The molecule has 0 bridgehead atoms. The molecule has 1 amide bonds. The fraction of sp³-hybridized carbons (Fsp3) is 0.267. The summed E-state index contributed by atoms with van der Waals surface area (Å²) in [5.41, 5.74) is 2.80. The van der Waals surface area contributed by atoms with E-state index in [0.29, 0.717) is 45.1 Å². The standard InChI is InChI=1S/C30H27N5O5S2/c1-19-4-7-26-31-27(33-10-8-32(9-11-33)16-20-5-6-23-24(13-20)40-18-39-23)22(28(36)34(26)15-19)14-25-29(37)35(30(41)42-25)17-21-3-2-12-38-21/h2-7,12-15H,8-11,16-18H2,1H3. The van der Waals surface area contributed by atoms with Gasteiger partial charge < -0.3 is 18.8 Å². The molecule has 4 aromatic rings. The number of nitrogens with zero attached hydrogens (tertiary/aromatic N) is 5. The maximum absolute atomic E-state index is 13.9. The fourth-order valence-electron chi connectivity index (χ4n) is 5.36. The topological polar surface area (TPSA) is 92.8 Å². The van der Waals surface area contributed by atoms with Crippen LogP contribution >= 0.6 is 24.0 Å². The van der Waals surface area contributed by atoms with Gasteiger partial charge in [-0.1, -0.05) is 36.1 Å². The summed E-state index contributed by atoms with van der Waals surface area (Å²) in [5, 5.41) is 0. The third-order valence-electron chi connectivity index (χ3n) is 7.54. The maximum Gasteiger partial charge on any atom is 0.267 e. The number of thiocarbonyl (C=S) groups is 1. The molecule has 2 fully saturated rings. The lowest BCUT2D eigenvalue weighted by atomic mass is 10.1. The summed E-state index contributed by atoms with van der Waals surface area (Å²) in [5.74, 6) is 2.51. The Balaban J connectivity index is 1.17. The van der Waals surface area contributed by atoms with Crippen LogP contribution in [0.25, 0.3) is 11.7 Å². The zero-order valence-electron chi connectivity index (χ0n) is 22.8. The van der Waals surface area contributed by atoms with Gasteiger partial charge in [0.05, 0.1) is 23.3 Å². The van der Waals surface area contributed by atoms with Gasteiger partial charge in [0.25, 0.3) is 11.5 Å². The first-order valence-corrected chi connectivity index (χ1v) is 14.8. The lowest BCUT2D eigenvalue weighted by Gasteiger charge is -2.36. The minimum Gasteiger partial charge on any atom is -0.467 e. The number of ether oxygens (including phenoxy) is 2. The van der Waals surface area contributed by atoms with Crippen LogP contribution in [0.15, 0.2) is 69.0 Å². The fourth-order valence-corrected chi connectivity index (χ4v) is 6.59. The van der Waals surface area contributed by atoms with Crippen molar-refractivity contribution in [3.63, 3.8) is 0 Å². The third-order valence-corrected chi connectivity index (χ3v) is 8.92. The van der Waals surface area contributed by atoms with Gasteiger partial charge >= 0.3 is 0 Å².